The number of rotatable bonds is 9. The number of halogens is 2. The summed E-state index contributed by atoms with van der Waals surface area (Å²) in [5.41, 5.74) is 1.79. The lowest BCUT2D eigenvalue weighted by atomic mass is 10.2. The predicted molar refractivity (Wildman–Crippen MR) is 137 cm³/mol. The van der Waals surface area contributed by atoms with Gasteiger partial charge in [-0.25, -0.2) is 4.39 Å². The van der Waals surface area contributed by atoms with Gasteiger partial charge in [-0.3, -0.25) is 4.79 Å². The minimum atomic E-state index is -0.388. The highest BCUT2D eigenvalue weighted by atomic mass is 35.5. The molecule has 0 saturated carbocycles. The number of amides is 1. The number of thioether (sulfide) groups is 1. The van der Waals surface area contributed by atoms with Crippen LogP contribution in [0.25, 0.3) is 6.08 Å². The Labute approximate surface area is 212 Å². The third-order valence-corrected chi connectivity index (χ3v) is 6.29. The Kier molecular flexibility index (Phi) is 8.05. The van der Waals surface area contributed by atoms with Gasteiger partial charge in [0.25, 0.3) is 5.91 Å². The summed E-state index contributed by atoms with van der Waals surface area (Å²) < 4.78 is 30.4. The second-order valence-electron chi connectivity index (χ2n) is 7.53. The molecule has 3 aromatic rings. The number of nitrogens with one attached hydrogen (secondary N) is 2. The van der Waals surface area contributed by atoms with Crippen LogP contribution >= 0.6 is 23.4 Å². The summed E-state index contributed by atoms with van der Waals surface area (Å²) in [6.07, 6.45) is 1.79. The number of hydrogen-bond acceptors (Lipinski definition) is 6. The molecule has 6 nitrogen and oxygen atoms in total. The summed E-state index contributed by atoms with van der Waals surface area (Å²) in [4.78, 5) is 13.1. The molecule has 2 N–H and O–H groups in total. The fraction of sp³-hybridized carbons (Fsp3) is 0.192. The molecule has 1 saturated heterocycles. The molecule has 1 fully saturated rings. The summed E-state index contributed by atoms with van der Waals surface area (Å²) in [6, 6.07) is 16.9. The average molecular weight is 515 g/mol. The Morgan fingerprint density at radius 1 is 1.09 bits per heavy atom. The van der Waals surface area contributed by atoms with Crippen LogP contribution in [0.15, 0.2) is 65.6 Å². The number of ether oxygens (including phenoxy) is 3. The second-order valence-corrected chi connectivity index (χ2v) is 9.11. The van der Waals surface area contributed by atoms with Crippen molar-refractivity contribution in [1.82, 2.24) is 5.32 Å². The van der Waals surface area contributed by atoms with E-state index in [0.717, 1.165) is 5.56 Å². The first-order valence-corrected chi connectivity index (χ1v) is 12.1. The van der Waals surface area contributed by atoms with Crippen molar-refractivity contribution in [3.8, 4) is 17.2 Å². The average Bonchev–Trinajstić information content (AvgIpc) is 3.17. The lowest BCUT2D eigenvalue weighted by Crippen LogP contribution is -2.31. The van der Waals surface area contributed by atoms with Crippen LogP contribution in [0.2, 0.25) is 5.02 Å². The van der Waals surface area contributed by atoms with Crippen LogP contribution < -0.4 is 24.8 Å². The first-order valence-electron chi connectivity index (χ1n) is 10.9. The molecule has 0 spiro atoms. The molecule has 1 unspecified atom stereocenters. The van der Waals surface area contributed by atoms with E-state index in [4.69, 9.17) is 25.8 Å². The summed E-state index contributed by atoms with van der Waals surface area (Å²) >= 11 is 7.45. The van der Waals surface area contributed by atoms with Crippen molar-refractivity contribution in [2.75, 3.05) is 19.0 Å². The van der Waals surface area contributed by atoms with Gasteiger partial charge in [0.15, 0.2) is 17.0 Å². The van der Waals surface area contributed by atoms with Crippen molar-refractivity contribution in [1.29, 1.82) is 0 Å². The lowest BCUT2D eigenvalue weighted by molar-refractivity contribution is -0.116. The molecule has 1 aliphatic heterocycles. The van der Waals surface area contributed by atoms with Gasteiger partial charge in [-0.05, 0) is 66.6 Å². The predicted octanol–water partition coefficient (Wildman–Crippen LogP) is 6.07. The van der Waals surface area contributed by atoms with Gasteiger partial charge in [0.1, 0.15) is 18.2 Å². The molecule has 182 valence electrons. The van der Waals surface area contributed by atoms with Crippen LogP contribution in [-0.2, 0) is 11.4 Å². The first-order chi connectivity index (χ1) is 16.9. The molecular weight excluding hydrogens is 491 g/mol. The van der Waals surface area contributed by atoms with Crippen molar-refractivity contribution in [3.05, 3.63) is 87.5 Å². The fourth-order valence-electron chi connectivity index (χ4n) is 3.44. The molecule has 0 aliphatic carbocycles. The summed E-state index contributed by atoms with van der Waals surface area (Å²) in [7, 11) is 1.57. The third kappa shape index (κ3) is 6.41. The van der Waals surface area contributed by atoms with Crippen LogP contribution in [0, 0.1) is 5.82 Å². The minimum absolute atomic E-state index is 0.196. The third-order valence-electron chi connectivity index (χ3n) is 5.03. The molecule has 0 bridgehead atoms. The normalized spacial score (nSPS) is 16.2. The quantitative estimate of drug-likeness (QED) is 0.338. The van der Waals surface area contributed by atoms with Gasteiger partial charge in [0.05, 0.1) is 24.3 Å². The van der Waals surface area contributed by atoms with Crippen molar-refractivity contribution in [3.63, 3.8) is 0 Å². The Morgan fingerprint density at radius 3 is 2.69 bits per heavy atom. The summed E-state index contributed by atoms with van der Waals surface area (Å²) in [5, 5.41) is 6.69. The van der Waals surface area contributed by atoms with Gasteiger partial charge in [0, 0.05) is 5.02 Å². The van der Waals surface area contributed by atoms with Gasteiger partial charge in [-0.2, -0.15) is 0 Å². The largest absolute Gasteiger partial charge is 0.495 e. The maximum Gasteiger partial charge on any atom is 0.260 e. The van der Waals surface area contributed by atoms with Crippen LogP contribution in [0.5, 0.6) is 17.2 Å². The zero-order chi connectivity index (χ0) is 24.8. The van der Waals surface area contributed by atoms with Crippen LogP contribution in [0.4, 0.5) is 10.1 Å². The molecule has 3 aromatic carbocycles. The second kappa shape index (κ2) is 11.4. The molecular formula is C26H24ClFN2O4S. The monoisotopic (exact) mass is 514 g/mol. The minimum Gasteiger partial charge on any atom is -0.495 e. The van der Waals surface area contributed by atoms with Crippen LogP contribution in [0.1, 0.15) is 18.1 Å². The number of carbonyl (C=O) groups excluding carboxylic acids is 1. The van der Waals surface area contributed by atoms with E-state index in [9.17, 15) is 9.18 Å². The number of benzene rings is 3. The zero-order valence-electron chi connectivity index (χ0n) is 19.1. The molecule has 1 heterocycles. The van der Waals surface area contributed by atoms with Gasteiger partial charge in [-0.1, -0.05) is 41.6 Å². The highest BCUT2D eigenvalue weighted by Gasteiger charge is 2.28. The molecule has 0 aromatic heterocycles. The van der Waals surface area contributed by atoms with Crippen LogP contribution in [-0.4, -0.2) is 25.1 Å². The van der Waals surface area contributed by atoms with Crippen LogP contribution in [0.3, 0.4) is 0 Å². The fourth-order valence-corrected chi connectivity index (χ4v) is 4.59. The molecule has 4 rings (SSSR count). The summed E-state index contributed by atoms with van der Waals surface area (Å²) in [5.74, 6) is 1.19. The van der Waals surface area contributed by atoms with E-state index in [0.29, 0.717) is 45.0 Å². The van der Waals surface area contributed by atoms with E-state index in [2.05, 4.69) is 10.6 Å². The maximum atomic E-state index is 13.4. The van der Waals surface area contributed by atoms with Gasteiger partial charge in [0.2, 0.25) is 0 Å². The Hall–Kier alpha value is -3.36. The summed E-state index contributed by atoms with van der Waals surface area (Å²) in [6.45, 7) is 2.53. The van der Waals surface area contributed by atoms with Gasteiger partial charge >= 0.3 is 0 Å². The smallest absolute Gasteiger partial charge is 0.260 e. The standard InChI is InChI=1S/C26H24ClFN2O4S/c1-3-33-23-12-16(7-9-22(23)34-15-17-5-4-6-19(28)11-17)13-24-25(31)30-26(35-24)29-20-14-18(27)8-10-21(20)32-2/h4-14,26,29H,3,15H2,1-2H3,(H,30,31)/b24-13-. The molecule has 1 aliphatic rings. The van der Waals surface area contributed by atoms with Gasteiger partial charge < -0.3 is 24.8 Å². The Balaban J connectivity index is 1.48. The Bertz CT molecular complexity index is 1250. The topological polar surface area (TPSA) is 68.8 Å². The van der Waals surface area contributed by atoms with Crippen molar-refractivity contribution < 1.29 is 23.4 Å². The van der Waals surface area contributed by atoms with E-state index in [1.54, 1.807) is 49.6 Å². The first kappa shape index (κ1) is 24.8. The van der Waals surface area contributed by atoms with Crippen molar-refractivity contribution in [2.24, 2.45) is 0 Å². The molecule has 0 radical (unpaired) electrons. The number of carbonyl (C=O) groups is 1. The van der Waals surface area contributed by atoms with E-state index < -0.39 is 0 Å². The van der Waals surface area contributed by atoms with E-state index >= 15 is 0 Å². The van der Waals surface area contributed by atoms with E-state index in [-0.39, 0.29) is 23.8 Å². The molecule has 35 heavy (non-hydrogen) atoms. The Morgan fingerprint density at radius 2 is 1.91 bits per heavy atom. The highest BCUT2D eigenvalue weighted by molar-refractivity contribution is 8.05. The van der Waals surface area contributed by atoms with Gasteiger partial charge in [-0.15, -0.1) is 0 Å². The number of anilines is 1. The zero-order valence-corrected chi connectivity index (χ0v) is 20.7. The molecule has 1 amide bonds. The number of hydrogen-bond donors (Lipinski definition) is 2. The number of methoxy groups -OCH3 is 1. The van der Waals surface area contributed by atoms with Crippen molar-refractivity contribution in [2.45, 2.75) is 19.0 Å². The SMILES string of the molecule is CCOc1cc(/C=C2\SC(Nc3cc(Cl)ccc3OC)NC2=O)ccc1OCc1cccc(F)c1. The lowest BCUT2D eigenvalue weighted by Gasteiger charge is -2.15. The maximum absolute atomic E-state index is 13.4. The van der Waals surface area contributed by atoms with E-state index in [1.165, 1.54) is 23.9 Å². The van der Waals surface area contributed by atoms with E-state index in [1.807, 2.05) is 19.1 Å². The molecule has 1 atom stereocenters. The highest BCUT2D eigenvalue weighted by Crippen LogP contribution is 2.36. The van der Waals surface area contributed by atoms with Crippen molar-refractivity contribution >= 4 is 41.0 Å². The molecule has 9 heteroatoms.